The molecule has 0 amide bonds. The fourth-order valence-electron chi connectivity index (χ4n) is 3.54. The van der Waals surface area contributed by atoms with Gasteiger partial charge in [-0.25, -0.2) is 4.98 Å². The van der Waals surface area contributed by atoms with Crippen LogP contribution in [0.15, 0.2) is 11.1 Å². The molecule has 2 aromatic heterocycles. The van der Waals surface area contributed by atoms with Crippen molar-refractivity contribution >= 4 is 23.1 Å². The number of carbonyl (C=O) groups excluding carboxylic acids is 1. The topological polar surface area (TPSA) is 139 Å². The number of hydrogen-bond acceptors (Lipinski definition) is 8. The summed E-state index contributed by atoms with van der Waals surface area (Å²) in [5, 5.41) is 9.58. The maximum Gasteiger partial charge on any atom is 0.305 e. The van der Waals surface area contributed by atoms with Gasteiger partial charge in [0.2, 0.25) is 5.95 Å². The van der Waals surface area contributed by atoms with Gasteiger partial charge in [-0.3, -0.25) is 14.6 Å². The molecule has 3 atom stereocenters. The third-order valence-corrected chi connectivity index (χ3v) is 5.11. The molecule has 0 aromatic carbocycles. The van der Waals surface area contributed by atoms with Crippen molar-refractivity contribution in [3.8, 4) is 0 Å². The third kappa shape index (κ3) is 4.11. The van der Waals surface area contributed by atoms with Gasteiger partial charge in [0, 0.05) is 25.0 Å². The highest BCUT2D eigenvalue weighted by molar-refractivity contribution is 5.71. The number of nitrogens with zero attached hydrogens (tertiary/aromatic N) is 4. The maximum absolute atomic E-state index is 12.0. The molecule has 0 bridgehead atoms. The number of H-pyrrole nitrogens is 1. The molecule has 27 heavy (non-hydrogen) atoms. The highest BCUT2D eigenvalue weighted by Gasteiger charge is 2.43. The van der Waals surface area contributed by atoms with E-state index in [0.29, 0.717) is 18.5 Å². The molecule has 4 N–H and O–H groups in total. The normalized spacial score (nSPS) is 22.1. The van der Waals surface area contributed by atoms with E-state index in [9.17, 15) is 14.7 Å². The summed E-state index contributed by atoms with van der Waals surface area (Å²) in [5.74, 6) is -0.251. The van der Waals surface area contributed by atoms with Gasteiger partial charge in [0.05, 0.1) is 12.9 Å². The average molecular weight is 378 g/mol. The van der Waals surface area contributed by atoms with E-state index in [-0.39, 0.29) is 48.5 Å². The van der Waals surface area contributed by atoms with Crippen LogP contribution in [0, 0.1) is 11.8 Å². The summed E-state index contributed by atoms with van der Waals surface area (Å²) in [4.78, 5) is 36.7. The number of aromatic amines is 1. The molecule has 10 heteroatoms. The van der Waals surface area contributed by atoms with Crippen LogP contribution in [0.2, 0.25) is 0 Å². The molecule has 3 rings (SSSR count). The number of rotatable bonds is 8. The number of nitrogens with two attached hydrogens (primary N) is 1. The number of imidazole rings is 1. The van der Waals surface area contributed by atoms with Crippen molar-refractivity contribution in [2.45, 2.75) is 25.3 Å². The summed E-state index contributed by atoms with van der Waals surface area (Å²) < 4.78 is 7.22. The monoisotopic (exact) mass is 378 g/mol. The zero-order chi connectivity index (χ0) is 19.6. The minimum absolute atomic E-state index is 0.0160. The molecule has 148 valence electrons. The summed E-state index contributed by atoms with van der Waals surface area (Å²) in [5.41, 5.74) is 5.88. The van der Waals surface area contributed by atoms with Gasteiger partial charge in [-0.15, -0.1) is 0 Å². The second kappa shape index (κ2) is 8.05. The highest BCUT2D eigenvalue weighted by Crippen LogP contribution is 2.44. The number of hydrogen-bond donors (Lipinski definition) is 3. The van der Waals surface area contributed by atoms with Crippen LogP contribution in [-0.4, -0.2) is 69.3 Å². The molecule has 1 saturated carbocycles. The lowest BCUT2D eigenvalue weighted by atomic mass is 9.70. The first kappa shape index (κ1) is 19.3. The first-order valence-corrected chi connectivity index (χ1v) is 9.04. The van der Waals surface area contributed by atoms with Gasteiger partial charge in [0.15, 0.2) is 11.2 Å². The van der Waals surface area contributed by atoms with Crippen LogP contribution < -0.4 is 11.3 Å². The van der Waals surface area contributed by atoms with Crippen LogP contribution in [0.1, 0.15) is 25.3 Å². The number of nitrogen functional groups attached to an aromatic ring is 1. The fourth-order valence-corrected chi connectivity index (χ4v) is 3.54. The van der Waals surface area contributed by atoms with E-state index >= 15 is 0 Å². The summed E-state index contributed by atoms with van der Waals surface area (Å²) in [7, 11) is 3.91. The summed E-state index contributed by atoms with van der Waals surface area (Å²) in [6.45, 7) is 1.06. The Morgan fingerprint density at radius 2 is 2.30 bits per heavy atom. The van der Waals surface area contributed by atoms with Gasteiger partial charge in [0.25, 0.3) is 5.56 Å². The lowest BCUT2D eigenvalue weighted by Gasteiger charge is -2.44. The van der Waals surface area contributed by atoms with Crippen molar-refractivity contribution in [3.63, 3.8) is 0 Å². The average Bonchev–Trinajstić information content (AvgIpc) is 2.98. The van der Waals surface area contributed by atoms with Gasteiger partial charge in [-0.1, -0.05) is 0 Å². The Hall–Kier alpha value is -2.46. The molecule has 0 aliphatic heterocycles. The SMILES string of the molecule is CN(C)CCCC(=O)OC[C@H]1[C@@H](CO)C[C@H]1n1cnc2c(=O)[nH]c(N)nc21. The molecule has 0 unspecified atom stereocenters. The predicted molar refractivity (Wildman–Crippen MR) is 99.0 cm³/mol. The number of ether oxygens (including phenoxy) is 1. The van der Waals surface area contributed by atoms with Gasteiger partial charge >= 0.3 is 5.97 Å². The van der Waals surface area contributed by atoms with E-state index in [1.165, 1.54) is 0 Å². The first-order valence-electron chi connectivity index (χ1n) is 9.04. The van der Waals surface area contributed by atoms with Crippen molar-refractivity contribution in [1.29, 1.82) is 0 Å². The Morgan fingerprint density at radius 3 is 3.00 bits per heavy atom. The zero-order valence-electron chi connectivity index (χ0n) is 15.6. The molecular weight excluding hydrogens is 352 g/mol. The van der Waals surface area contributed by atoms with E-state index in [0.717, 1.165) is 13.0 Å². The molecule has 1 fully saturated rings. The Kier molecular flexibility index (Phi) is 5.76. The number of esters is 1. The van der Waals surface area contributed by atoms with Gasteiger partial charge in [-0.2, -0.15) is 4.98 Å². The standard InChI is InChI=1S/C17H26N6O4/c1-22(2)5-3-4-13(25)27-8-11-10(7-24)6-12(11)23-9-19-14-15(23)20-17(18)21-16(14)26/h9-12,24H,3-8H2,1-2H3,(H3,18,20,21,26)/t10-,11+,12-/m1/s1. The van der Waals surface area contributed by atoms with Crippen molar-refractivity contribution in [2.24, 2.45) is 11.8 Å². The molecule has 10 nitrogen and oxygen atoms in total. The summed E-state index contributed by atoms with van der Waals surface area (Å²) in [6.07, 6.45) is 3.35. The van der Waals surface area contributed by atoms with Crippen molar-refractivity contribution in [2.75, 3.05) is 39.6 Å². The van der Waals surface area contributed by atoms with Crippen LogP contribution in [0.3, 0.4) is 0 Å². The second-order valence-corrected chi connectivity index (χ2v) is 7.27. The Bertz CT molecular complexity index is 861. The number of carbonyl (C=O) groups is 1. The van der Waals surface area contributed by atoms with Gasteiger partial charge < -0.3 is 25.0 Å². The van der Waals surface area contributed by atoms with Crippen LogP contribution >= 0.6 is 0 Å². The Balaban J connectivity index is 1.68. The first-order chi connectivity index (χ1) is 12.9. The third-order valence-electron chi connectivity index (χ3n) is 5.11. The van der Waals surface area contributed by atoms with E-state index in [4.69, 9.17) is 10.5 Å². The van der Waals surface area contributed by atoms with E-state index < -0.39 is 5.56 Å². The van der Waals surface area contributed by atoms with E-state index in [2.05, 4.69) is 15.0 Å². The number of fused-ring (bicyclic) bond motifs is 1. The smallest absolute Gasteiger partial charge is 0.305 e. The minimum Gasteiger partial charge on any atom is -0.465 e. The van der Waals surface area contributed by atoms with Crippen LogP contribution in [0.4, 0.5) is 5.95 Å². The zero-order valence-corrected chi connectivity index (χ0v) is 15.6. The molecule has 0 spiro atoms. The lowest BCUT2D eigenvalue weighted by molar-refractivity contribution is -0.149. The number of aliphatic hydroxyl groups excluding tert-OH is 1. The van der Waals surface area contributed by atoms with Crippen molar-refractivity contribution in [3.05, 3.63) is 16.7 Å². The lowest BCUT2D eigenvalue weighted by Crippen LogP contribution is -2.43. The Labute approximate surface area is 156 Å². The van der Waals surface area contributed by atoms with Crippen LogP contribution in [-0.2, 0) is 9.53 Å². The van der Waals surface area contributed by atoms with Crippen molar-refractivity contribution in [1.82, 2.24) is 24.4 Å². The molecule has 1 aliphatic rings. The summed E-state index contributed by atoms with van der Waals surface area (Å²) in [6, 6.07) is -0.0598. The molecule has 0 radical (unpaired) electrons. The van der Waals surface area contributed by atoms with Gasteiger partial charge in [-0.05, 0) is 39.4 Å². The van der Waals surface area contributed by atoms with E-state index in [1.54, 1.807) is 10.9 Å². The fraction of sp³-hybridized carbons (Fsp3) is 0.647. The maximum atomic E-state index is 12.0. The molecule has 0 saturated heterocycles. The highest BCUT2D eigenvalue weighted by atomic mass is 16.5. The minimum atomic E-state index is -0.391. The van der Waals surface area contributed by atoms with Crippen molar-refractivity contribution < 1.29 is 14.6 Å². The quantitative estimate of drug-likeness (QED) is 0.535. The van der Waals surface area contributed by atoms with E-state index in [1.807, 2.05) is 19.0 Å². The van der Waals surface area contributed by atoms with Crippen LogP contribution in [0.25, 0.3) is 11.2 Å². The largest absolute Gasteiger partial charge is 0.465 e. The van der Waals surface area contributed by atoms with Gasteiger partial charge in [0.1, 0.15) is 0 Å². The number of nitrogens with one attached hydrogen (secondary N) is 1. The molecular formula is C17H26N6O4. The number of aromatic nitrogens is 4. The summed E-state index contributed by atoms with van der Waals surface area (Å²) >= 11 is 0. The number of anilines is 1. The predicted octanol–water partition coefficient (Wildman–Crippen LogP) is -0.244. The molecule has 2 heterocycles. The van der Waals surface area contributed by atoms with Crippen LogP contribution in [0.5, 0.6) is 0 Å². The second-order valence-electron chi connectivity index (χ2n) is 7.27. The Morgan fingerprint density at radius 1 is 1.52 bits per heavy atom. The number of aliphatic hydroxyl groups is 1. The molecule has 2 aromatic rings. The molecule has 1 aliphatic carbocycles.